The van der Waals surface area contributed by atoms with E-state index in [2.05, 4.69) is 10.3 Å². The normalized spacial score (nSPS) is 11.1. The SMILES string of the molecule is CC(=O)c1csc(NC(=O)COc2ccccc2C(F)(F)F)n1. The molecular weight excluding hydrogens is 333 g/mol. The number of thiazole rings is 1. The predicted octanol–water partition coefficient (Wildman–Crippen LogP) is 3.38. The second-order valence-corrected chi connectivity index (χ2v) is 5.28. The molecule has 0 radical (unpaired) electrons. The number of carbonyl (C=O) groups excluding carboxylic acids is 2. The number of Topliss-reactive ketones (excluding diaryl/α,β-unsaturated/α-hetero) is 1. The molecule has 5 nitrogen and oxygen atoms in total. The molecule has 122 valence electrons. The van der Waals surface area contributed by atoms with Crippen LogP contribution >= 0.6 is 11.3 Å². The van der Waals surface area contributed by atoms with Crippen LogP contribution in [-0.4, -0.2) is 23.3 Å². The number of nitrogens with zero attached hydrogens (tertiary/aromatic N) is 1. The Hall–Kier alpha value is -2.42. The first-order chi connectivity index (χ1) is 10.8. The first kappa shape index (κ1) is 16.9. The third kappa shape index (κ3) is 4.52. The monoisotopic (exact) mass is 344 g/mol. The number of nitrogens with one attached hydrogen (secondary N) is 1. The Balaban J connectivity index is 1.98. The number of alkyl halides is 3. The first-order valence-corrected chi connectivity index (χ1v) is 7.20. The highest BCUT2D eigenvalue weighted by molar-refractivity contribution is 7.14. The van der Waals surface area contributed by atoms with Crippen LogP contribution in [0.5, 0.6) is 5.75 Å². The van der Waals surface area contributed by atoms with Gasteiger partial charge in [0.1, 0.15) is 11.4 Å². The molecule has 2 aromatic rings. The molecule has 0 saturated carbocycles. The third-order valence-electron chi connectivity index (χ3n) is 2.66. The molecule has 1 amide bonds. The number of ketones is 1. The van der Waals surface area contributed by atoms with E-state index in [4.69, 9.17) is 4.74 Å². The Labute approximate surface area is 133 Å². The summed E-state index contributed by atoms with van der Waals surface area (Å²) in [5.74, 6) is -1.36. The fraction of sp³-hybridized carbons (Fsp3) is 0.214. The summed E-state index contributed by atoms with van der Waals surface area (Å²) < 4.78 is 43.3. The average molecular weight is 344 g/mol. The van der Waals surface area contributed by atoms with E-state index in [1.807, 2.05) is 0 Å². The minimum absolute atomic E-state index is 0.174. The van der Waals surface area contributed by atoms with E-state index in [1.54, 1.807) is 0 Å². The molecule has 1 aromatic heterocycles. The molecule has 0 atom stereocenters. The van der Waals surface area contributed by atoms with Gasteiger partial charge in [-0.2, -0.15) is 13.2 Å². The van der Waals surface area contributed by atoms with Crippen molar-refractivity contribution >= 4 is 28.2 Å². The lowest BCUT2D eigenvalue weighted by molar-refractivity contribution is -0.139. The number of anilines is 1. The van der Waals surface area contributed by atoms with Crippen molar-refractivity contribution in [2.75, 3.05) is 11.9 Å². The van der Waals surface area contributed by atoms with Crippen molar-refractivity contribution in [2.24, 2.45) is 0 Å². The van der Waals surface area contributed by atoms with E-state index in [1.165, 1.54) is 24.4 Å². The highest BCUT2D eigenvalue weighted by Gasteiger charge is 2.34. The van der Waals surface area contributed by atoms with E-state index in [-0.39, 0.29) is 16.6 Å². The quantitative estimate of drug-likeness (QED) is 0.845. The molecule has 1 N–H and O–H groups in total. The molecule has 2 rings (SSSR count). The maximum absolute atomic E-state index is 12.8. The highest BCUT2D eigenvalue weighted by Crippen LogP contribution is 2.35. The van der Waals surface area contributed by atoms with Gasteiger partial charge in [-0.3, -0.25) is 14.9 Å². The van der Waals surface area contributed by atoms with E-state index < -0.39 is 30.0 Å². The highest BCUT2D eigenvalue weighted by atomic mass is 32.1. The molecule has 0 aliphatic carbocycles. The minimum Gasteiger partial charge on any atom is -0.483 e. The molecule has 0 aliphatic heterocycles. The molecule has 9 heteroatoms. The predicted molar refractivity (Wildman–Crippen MR) is 77.7 cm³/mol. The van der Waals surface area contributed by atoms with E-state index in [0.29, 0.717) is 0 Å². The summed E-state index contributed by atoms with van der Waals surface area (Å²) in [6, 6.07) is 4.61. The molecule has 1 aromatic carbocycles. The van der Waals surface area contributed by atoms with Crippen LogP contribution in [0, 0.1) is 0 Å². The van der Waals surface area contributed by atoms with Gasteiger partial charge in [-0.1, -0.05) is 12.1 Å². The summed E-state index contributed by atoms with van der Waals surface area (Å²) in [4.78, 5) is 26.6. The van der Waals surface area contributed by atoms with Crippen molar-refractivity contribution in [3.05, 3.63) is 40.9 Å². The van der Waals surface area contributed by atoms with Crippen molar-refractivity contribution in [3.8, 4) is 5.75 Å². The van der Waals surface area contributed by atoms with E-state index in [0.717, 1.165) is 23.5 Å². The number of hydrogen-bond acceptors (Lipinski definition) is 5. The average Bonchev–Trinajstić information content (AvgIpc) is 2.93. The number of para-hydroxylation sites is 1. The van der Waals surface area contributed by atoms with Crippen molar-refractivity contribution in [1.82, 2.24) is 4.98 Å². The largest absolute Gasteiger partial charge is 0.483 e. The van der Waals surface area contributed by atoms with Gasteiger partial charge in [-0.15, -0.1) is 11.3 Å². The van der Waals surface area contributed by atoms with Gasteiger partial charge < -0.3 is 4.74 Å². The number of ether oxygens (including phenoxy) is 1. The summed E-state index contributed by atoms with van der Waals surface area (Å²) in [5.41, 5.74) is -0.755. The van der Waals surface area contributed by atoms with Crippen molar-refractivity contribution < 1.29 is 27.5 Å². The molecule has 0 saturated heterocycles. The number of rotatable bonds is 5. The summed E-state index contributed by atoms with van der Waals surface area (Å²) in [5, 5.41) is 4.00. The minimum atomic E-state index is -4.57. The number of carbonyl (C=O) groups is 2. The Morgan fingerprint density at radius 2 is 2.00 bits per heavy atom. The number of halogens is 3. The van der Waals surface area contributed by atoms with Gasteiger partial charge in [0.15, 0.2) is 17.5 Å². The Kier molecular flexibility index (Phi) is 4.99. The Morgan fingerprint density at radius 3 is 2.61 bits per heavy atom. The van der Waals surface area contributed by atoms with Gasteiger partial charge >= 0.3 is 6.18 Å². The fourth-order valence-electron chi connectivity index (χ4n) is 1.62. The molecule has 23 heavy (non-hydrogen) atoms. The lowest BCUT2D eigenvalue weighted by Crippen LogP contribution is -2.21. The number of hydrogen-bond donors (Lipinski definition) is 1. The van der Waals surface area contributed by atoms with Gasteiger partial charge in [0.25, 0.3) is 5.91 Å². The van der Waals surface area contributed by atoms with Gasteiger partial charge in [0.2, 0.25) is 0 Å². The topological polar surface area (TPSA) is 68.3 Å². The van der Waals surface area contributed by atoms with Crippen LogP contribution < -0.4 is 10.1 Å². The van der Waals surface area contributed by atoms with Crippen LogP contribution in [0.1, 0.15) is 23.0 Å². The standard InChI is InChI=1S/C14H11F3N2O3S/c1-8(20)10-7-23-13(18-10)19-12(21)6-22-11-5-3-2-4-9(11)14(15,16)17/h2-5,7H,6H2,1H3,(H,18,19,21). The fourth-order valence-corrected chi connectivity index (χ4v) is 2.38. The van der Waals surface area contributed by atoms with Gasteiger partial charge in [0, 0.05) is 12.3 Å². The Bertz CT molecular complexity index is 728. The second-order valence-electron chi connectivity index (χ2n) is 4.42. The zero-order valence-electron chi connectivity index (χ0n) is 11.8. The van der Waals surface area contributed by atoms with Crippen LogP contribution in [-0.2, 0) is 11.0 Å². The van der Waals surface area contributed by atoms with Crippen LogP contribution in [0.3, 0.4) is 0 Å². The van der Waals surface area contributed by atoms with Crippen molar-refractivity contribution in [1.29, 1.82) is 0 Å². The van der Waals surface area contributed by atoms with Gasteiger partial charge in [-0.05, 0) is 12.1 Å². The van der Waals surface area contributed by atoms with Gasteiger partial charge in [0.05, 0.1) is 5.56 Å². The summed E-state index contributed by atoms with van der Waals surface area (Å²) in [6.07, 6.45) is -4.57. The van der Waals surface area contributed by atoms with Crippen LogP contribution in [0.15, 0.2) is 29.6 Å². The lowest BCUT2D eigenvalue weighted by atomic mass is 10.2. The van der Waals surface area contributed by atoms with Crippen molar-refractivity contribution in [2.45, 2.75) is 13.1 Å². The molecule has 1 heterocycles. The zero-order valence-corrected chi connectivity index (χ0v) is 12.6. The van der Waals surface area contributed by atoms with E-state index in [9.17, 15) is 22.8 Å². The molecule has 0 spiro atoms. The summed E-state index contributed by atoms with van der Waals surface area (Å²) in [7, 11) is 0. The number of amides is 1. The van der Waals surface area contributed by atoms with E-state index >= 15 is 0 Å². The van der Waals surface area contributed by atoms with Crippen LogP contribution in [0.25, 0.3) is 0 Å². The lowest BCUT2D eigenvalue weighted by Gasteiger charge is -2.13. The molecule has 0 unspecified atom stereocenters. The van der Waals surface area contributed by atoms with Crippen molar-refractivity contribution in [3.63, 3.8) is 0 Å². The van der Waals surface area contributed by atoms with Crippen LogP contribution in [0.2, 0.25) is 0 Å². The second kappa shape index (κ2) is 6.78. The van der Waals surface area contributed by atoms with Crippen LogP contribution in [0.4, 0.5) is 18.3 Å². The van der Waals surface area contributed by atoms with Gasteiger partial charge in [-0.25, -0.2) is 4.98 Å². The summed E-state index contributed by atoms with van der Waals surface area (Å²) >= 11 is 1.04. The summed E-state index contributed by atoms with van der Waals surface area (Å²) in [6.45, 7) is 0.722. The molecule has 0 bridgehead atoms. The smallest absolute Gasteiger partial charge is 0.419 e. The molecule has 0 fully saturated rings. The molecular formula is C14H11F3N2O3S. The first-order valence-electron chi connectivity index (χ1n) is 6.32. The Morgan fingerprint density at radius 1 is 1.30 bits per heavy atom. The maximum atomic E-state index is 12.8. The third-order valence-corrected chi connectivity index (χ3v) is 3.42. The molecule has 0 aliphatic rings. The number of benzene rings is 1. The number of aromatic nitrogens is 1. The maximum Gasteiger partial charge on any atom is 0.419 e. The zero-order chi connectivity index (χ0) is 17.0.